The Bertz CT molecular complexity index is 390. The van der Waals surface area contributed by atoms with Crippen LogP contribution in [-0.4, -0.2) is 18.9 Å². The zero-order valence-electron chi connectivity index (χ0n) is 11.7. The number of carbonyl (C=O) groups excluding carboxylic acids is 1. The Morgan fingerprint density at radius 3 is 2.28 bits per heavy atom. The topological polar surface area (TPSA) is 52.3 Å². The molecule has 0 radical (unpaired) electrons. The third-order valence-corrected chi connectivity index (χ3v) is 2.73. The maximum Gasteiger partial charge on any atom is 0.150 e. The number of ketones is 1. The number of methoxy groups -OCH3 is 1. The molecule has 1 aromatic rings. The second kappa shape index (κ2) is 6.01. The second-order valence-electron chi connectivity index (χ2n) is 5.86. The minimum Gasteiger partial charge on any atom is -0.497 e. The van der Waals surface area contributed by atoms with E-state index in [0.29, 0.717) is 12.8 Å². The van der Waals surface area contributed by atoms with Crippen LogP contribution in [0.15, 0.2) is 24.3 Å². The van der Waals surface area contributed by atoms with Crippen molar-refractivity contribution in [2.24, 2.45) is 11.1 Å². The van der Waals surface area contributed by atoms with Crippen LogP contribution in [-0.2, 0) is 11.2 Å². The molecule has 3 nitrogen and oxygen atoms in total. The van der Waals surface area contributed by atoms with Gasteiger partial charge in [0, 0.05) is 6.42 Å². The third kappa shape index (κ3) is 4.88. The normalized spacial score (nSPS) is 13.2. The molecule has 3 heteroatoms. The smallest absolute Gasteiger partial charge is 0.150 e. The van der Waals surface area contributed by atoms with Crippen LogP contribution in [0, 0.1) is 5.41 Å². The van der Waals surface area contributed by atoms with Gasteiger partial charge in [-0.2, -0.15) is 0 Å². The van der Waals surface area contributed by atoms with Gasteiger partial charge in [-0.3, -0.25) is 4.79 Å². The van der Waals surface area contributed by atoms with Crippen LogP contribution >= 0.6 is 0 Å². The van der Waals surface area contributed by atoms with E-state index in [1.807, 2.05) is 45.0 Å². The van der Waals surface area contributed by atoms with Gasteiger partial charge in [-0.05, 0) is 29.5 Å². The number of carbonyl (C=O) groups is 1. The SMILES string of the molecule is COc1ccc(CC(N)C(=O)CC(C)(C)C)cc1. The van der Waals surface area contributed by atoms with E-state index in [9.17, 15) is 4.79 Å². The monoisotopic (exact) mass is 249 g/mol. The molecule has 0 heterocycles. The van der Waals surface area contributed by atoms with Crippen molar-refractivity contribution < 1.29 is 9.53 Å². The summed E-state index contributed by atoms with van der Waals surface area (Å²) in [4.78, 5) is 11.9. The molecule has 0 bridgehead atoms. The summed E-state index contributed by atoms with van der Waals surface area (Å²) in [6.07, 6.45) is 1.10. The highest BCUT2D eigenvalue weighted by Gasteiger charge is 2.21. The molecule has 0 saturated heterocycles. The van der Waals surface area contributed by atoms with E-state index in [0.717, 1.165) is 11.3 Å². The Balaban J connectivity index is 2.58. The molecule has 100 valence electrons. The van der Waals surface area contributed by atoms with Crippen molar-refractivity contribution >= 4 is 5.78 Å². The van der Waals surface area contributed by atoms with Gasteiger partial charge in [-0.25, -0.2) is 0 Å². The van der Waals surface area contributed by atoms with E-state index >= 15 is 0 Å². The first-order valence-corrected chi connectivity index (χ1v) is 6.23. The third-order valence-electron chi connectivity index (χ3n) is 2.73. The highest BCUT2D eigenvalue weighted by Crippen LogP contribution is 2.20. The van der Waals surface area contributed by atoms with Crippen molar-refractivity contribution in [3.05, 3.63) is 29.8 Å². The van der Waals surface area contributed by atoms with Crippen molar-refractivity contribution in [1.29, 1.82) is 0 Å². The predicted molar refractivity (Wildman–Crippen MR) is 73.8 cm³/mol. The lowest BCUT2D eigenvalue weighted by atomic mass is 9.87. The lowest BCUT2D eigenvalue weighted by Crippen LogP contribution is -2.35. The Kier molecular flexibility index (Phi) is 4.91. The molecule has 1 aromatic carbocycles. The summed E-state index contributed by atoms with van der Waals surface area (Å²) in [6.45, 7) is 6.14. The summed E-state index contributed by atoms with van der Waals surface area (Å²) in [5.41, 5.74) is 7.00. The fraction of sp³-hybridized carbons (Fsp3) is 0.533. The first kappa shape index (κ1) is 14.7. The summed E-state index contributed by atoms with van der Waals surface area (Å²) < 4.78 is 5.09. The molecule has 0 spiro atoms. The molecular formula is C15H23NO2. The largest absolute Gasteiger partial charge is 0.497 e. The summed E-state index contributed by atoms with van der Waals surface area (Å²) in [6, 6.07) is 7.25. The van der Waals surface area contributed by atoms with Crippen LogP contribution < -0.4 is 10.5 Å². The molecule has 2 N–H and O–H groups in total. The van der Waals surface area contributed by atoms with E-state index in [-0.39, 0.29) is 11.2 Å². The molecule has 1 unspecified atom stereocenters. The van der Waals surface area contributed by atoms with Gasteiger partial charge in [0.1, 0.15) is 11.5 Å². The molecule has 1 atom stereocenters. The summed E-state index contributed by atoms with van der Waals surface area (Å²) in [5, 5.41) is 0. The van der Waals surface area contributed by atoms with Crippen LogP contribution in [0.3, 0.4) is 0 Å². The van der Waals surface area contributed by atoms with E-state index < -0.39 is 6.04 Å². The van der Waals surface area contributed by atoms with Gasteiger partial charge in [-0.15, -0.1) is 0 Å². The van der Waals surface area contributed by atoms with Gasteiger partial charge in [0.05, 0.1) is 13.2 Å². The Labute approximate surface area is 109 Å². The zero-order chi connectivity index (χ0) is 13.8. The van der Waals surface area contributed by atoms with E-state index in [1.54, 1.807) is 7.11 Å². The van der Waals surface area contributed by atoms with E-state index in [2.05, 4.69) is 0 Å². The minimum atomic E-state index is -0.419. The second-order valence-corrected chi connectivity index (χ2v) is 5.86. The van der Waals surface area contributed by atoms with Crippen molar-refractivity contribution in [3.8, 4) is 5.75 Å². The standard InChI is InChI=1S/C15H23NO2/c1-15(2,3)10-14(17)13(16)9-11-5-7-12(18-4)8-6-11/h5-8,13H,9-10,16H2,1-4H3. The van der Waals surface area contributed by atoms with E-state index in [4.69, 9.17) is 10.5 Å². The molecule has 0 aromatic heterocycles. The van der Waals surface area contributed by atoms with Crippen LogP contribution in [0.2, 0.25) is 0 Å². The lowest BCUT2D eigenvalue weighted by molar-refractivity contribution is -0.121. The molecule has 0 aliphatic heterocycles. The van der Waals surface area contributed by atoms with Crippen LogP contribution in [0.25, 0.3) is 0 Å². The molecule has 18 heavy (non-hydrogen) atoms. The number of rotatable bonds is 5. The van der Waals surface area contributed by atoms with Crippen molar-refractivity contribution in [3.63, 3.8) is 0 Å². The fourth-order valence-electron chi connectivity index (χ4n) is 1.78. The summed E-state index contributed by atoms with van der Waals surface area (Å²) in [7, 11) is 1.63. The fourth-order valence-corrected chi connectivity index (χ4v) is 1.78. The number of Topliss-reactive ketones (excluding diaryl/α,β-unsaturated/α-hetero) is 1. The van der Waals surface area contributed by atoms with Gasteiger partial charge in [0.2, 0.25) is 0 Å². The molecule has 0 fully saturated rings. The minimum absolute atomic E-state index is 0.00535. The first-order valence-electron chi connectivity index (χ1n) is 6.23. The maximum atomic E-state index is 11.9. The van der Waals surface area contributed by atoms with Crippen LogP contribution in [0.1, 0.15) is 32.8 Å². The van der Waals surface area contributed by atoms with Crippen molar-refractivity contribution in [1.82, 2.24) is 0 Å². The molecule has 1 rings (SSSR count). The number of nitrogens with two attached hydrogens (primary N) is 1. The van der Waals surface area contributed by atoms with Crippen molar-refractivity contribution in [2.75, 3.05) is 7.11 Å². The van der Waals surface area contributed by atoms with Crippen LogP contribution in [0.4, 0.5) is 0 Å². The summed E-state index contributed by atoms with van der Waals surface area (Å²) >= 11 is 0. The highest BCUT2D eigenvalue weighted by atomic mass is 16.5. The van der Waals surface area contributed by atoms with E-state index in [1.165, 1.54) is 0 Å². The maximum absolute atomic E-state index is 11.9. The van der Waals surface area contributed by atoms with Crippen LogP contribution in [0.5, 0.6) is 5.75 Å². The number of hydrogen-bond acceptors (Lipinski definition) is 3. The average Bonchev–Trinajstić information content (AvgIpc) is 2.27. The van der Waals surface area contributed by atoms with Crippen molar-refractivity contribution in [2.45, 2.75) is 39.7 Å². The molecule has 0 aliphatic carbocycles. The first-order chi connectivity index (χ1) is 8.31. The van der Waals surface area contributed by atoms with Gasteiger partial charge >= 0.3 is 0 Å². The number of hydrogen-bond donors (Lipinski definition) is 1. The zero-order valence-corrected chi connectivity index (χ0v) is 11.7. The Morgan fingerprint density at radius 2 is 1.83 bits per heavy atom. The van der Waals surface area contributed by atoms with Gasteiger partial charge in [-0.1, -0.05) is 32.9 Å². The van der Waals surface area contributed by atoms with Gasteiger partial charge in [0.25, 0.3) is 0 Å². The molecular weight excluding hydrogens is 226 g/mol. The van der Waals surface area contributed by atoms with Gasteiger partial charge in [0.15, 0.2) is 0 Å². The number of ether oxygens (including phenoxy) is 1. The number of benzene rings is 1. The molecule has 0 saturated carbocycles. The Hall–Kier alpha value is -1.35. The average molecular weight is 249 g/mol. The Morgan fingerprint density at radius 1 is 1.28 bits per heavy atom. The molecule has 0 aliphatic rings. The van der Waals surface area contributed by atoms with Gasteiger partial charge < -0.3 is 10.5 Å². The lowest BCUT2D eigenvalue weighted by Gasteiger charge is -2.19. The predicted octanol–water partition coefficient (Wildman–Crippen LogP) is 2.57. The quantitative estimate of drug-likeness (QED) is 0.872. The summed E-state index contributed by atoms with van der Waals surface area (Å²) in [5.74, 6) is 0.937. The highest BCUT2D eigenvalue weighted by molar-refractivity contribution is 5.84. The molecule has 0 amide bonds.